The zero-order valence-corrected chi connectivity index (χ0v) is 11.6. The largest absolute Gasteiger partial charge is 0.339 e. The minimum atomic E-state index is -0.180. The van der Waals surface area contributed by atoms with Crippen LogP contribution >= 0.6 is 22.9 Å². The van der Waals surface area contributed by atoms with Crippen molar-refractivity contribution in [2.75, 3.05) is 5.32 Å². The lowest BCUT2D eigenvalue weighted by atomic mass is 10.4. The van der Waals surface area contributed by atoms with E-state index < -0.39 is 0 Å². The van der Waals surface area contributed by atoms with Crippen LogP contribution < -0.4 is 5.32 Å². The fourth-order valence-electron chi connectivity index (χ4n) is 1.90. The van der Waals surface area contributed by atoms with E-state index in [0.29, 0.717) is 16.5 Å². The molecule has 0 unspecified atom stereocenters. The zero-order valence-electron chi connectivity index (χ0n) is 10.1. The number of nitrogens with one attached hydrogen (secondary N) is 1. The summed E-state index contributed by atoms with van der Waals surface area (Å²) in [6, 6.07) is 7.24. The maximum Gasteiger partial charge on any atom is 0.273 e. The van der Waals surface area contributed by atoms with Gasteiger partial charge in [-0.2, -0.15) is 0 Å². The Morgan fingerprint density at radius 2 is 2.26 bits per heavy atom. The van der Waals surface area contributed by atoms with Crippen LogP contribution in [0, 0.1) is 0 Å². The second-order valence-electron chi connectivity index (χ2n) is 4.07. The van der Waals surface area contributed by atoms with E-state index in [4.69, 9.17) is 11.6 Å². The van der Waals surface area contributed by atoms with Crippen molar-refractivity contribution in [2.45, 2.75) is 0 Å². The lowest BCUT2D eigenvalue weighted by molar-refractivity contribution is 0.101. The highest BCUT2D eigenvalue weighted by Gasteiger charge is 2.14. The van der Waals surface area contributed by atoms with Crippen molar-refractivity contribution in [3.8, 4) is 0 Å². The molecule has 3 aromatic rings. The minimum Gasteiger partial charge on any atom is -0.339 e. The van der Waals surface area contributed by atoms with E-state index in [2.05, 4.69) is 10.3 Å². The molecule has 1 amide bonds. The molecule has 19 heavy (non-hydrogen) atoms. The molecule has 0 aliphatic heterocycles. The summed E-state index contributed by atoms with van der Waals surface area (Å²) in [5.74, 6) is 0.305. The molecule has 0 fully saturated rings. The van der Waals surface area contributed by atoms with Crippen molar-refractivity contribution in [1.29, 1.82) is 0 Å². The third-order valence-electron chi connectivity index (χ3n) is 2.87. The molecular formula is C13H10ClN3OS. The van der Waals surface area contributed by atoms with Crippen LogP contribution in [0.3, 0.4) is 0 Å². The van der Waals surface area contributed by atoms with Crippen LogP contribution in [0.1, 0.15) is 10.5 Å². The number of hydrogen-bond acceptors (Lipinski definition) is 3. The van der Waals surface area contributed by atoms with Crippen molar-refractivity contribution >= 4 is 44.9 Å². The fourth-order valence-corrected chi connectivity index (χ4v) is 2.86. The van der Waals surface area contributed by atoms with Crippen molar-refractivity contribution in [1.82, 2.24) is 9.55 Å². The summed E-state index contributed by atoms with van der Waals surface area (Å²) in [5, 5.41) is 5.30. The monoisotopic (exact) mass is 291 g/mol. The predicted molar refractivity (Wildman–Crippen MR) is 78.0 cm³/mol. The highest BCUT2D eigenvalue weighted by atomic mass is 35.5. The summed E-state index contributed by atoms with van der Waals surface area (Å²) in [6.45, 7) is 0. The Labute approximate surface area is 118 Å². The van der Waals surface area contributed by atoms with Gasteiger partial charge < -0.3 is 9.88 Å². The van der Waals surface area contributed by atoms with Gasteiger partial charge in [0.15, 0.2) is 0 Å². The summed E-state index contributed by atoms with van der Waals surface area (Å²) in [6.07, 6.45) is 1.50. The Morgan fingerprint density at radius 1 is 1.42 bits per heavy atom. The smallest absolute Gasteiger partial charge is 0.273 e. The van der Waals surface area contributed by atoms with Gasteiger partial charge in [-0.3, -0.25) is 4.79 Å². The van der Waals surface area contributed by atoms with Crippen molar-refractivity contribution in [3.63, 3.8) is 0 Å². The highest BCUT2D eigenvalue weighted by Crippen LogP contribution is 2.24. The quantitative estimate of drug-likeness (QED) is 0.785. The molecule has 0 bridgehead atoms. The van der Waals surface area contributed by atoms with Crippen LogP contribution in [-0.2, 0) is 7.05 Å². The molecule has 0 radical (unpaired) electrons. The maximum absolute atomic E-state index is 12.2. The van der Waals surface area contributed by atoms with Crippen LogP contribution in [0.5, 0.6) is 0 Å². The van der Waals surface area contributed by atoms with Gasteiger partial charge in [0, 0.05) is 13.2 Å². The van der Waals surface area contributed by atoms with Gasteiger partial charge in [-0.1, -0.05) is 11.6 Å². The number of fused-ring (bicyclic) bond motifs is 1. The molecule has 0 saturated carbocycles. The van der Waals surface area contributed by atoms with Crippen LogP contribution in [0.15, 0.2) is 35.8 Å². The summed E-state index contributed by atoms with van der Waals surface area (Å²) in [4.78, 5) is 16.2. The number of aryl methyl sites for hydroxylation is 1. The maximum atomic E-state index is 12.2. The summed E-state index contributed by atoms with van der Waals surface area (Å²) in [5.41, 5.74) is 1.66. The molecule has 0 atom stereocenters. The summed E-state index contributed by atoms with van der Waals surface area (Å²) >= 11 is 7.37. The number of anilines is 1. The normalized spacial score (nSPS) is 10.8. The Kier molecular flexibility index (Phi) is 3.00. The van der Waals surface area contributed by atoms with Crippen LogP contribution in [0.4, 0.5) is 5.82 Å². The van der Waals surface area contributed by atoms with E-state index in [1.807, 2.05) is 29.1 Å². The number of amides is 1. The average molecular weight is 292 g/mol. The Hall–Kier alpha value is -1.85. The Balaban J connectivity index is 1.89. The van der Waals surface area contributed by atoms with Crippen LogP contribution in [-0.4, -0.2) is 15.5 Å². The number of thiophene rings is 1. The van der Waals surface area contributed by atoms with E-state index in [1.165, 1.54) is 6.20 Å². The number of rotatable bonds is 2. The first-order valence-corrected chi connectivity index (χ1v) is 6.87. The molecule has 0 aliphatic carbocycles. The molecule has 0 saturated heterocycles. The fraction of sp³-hybridized carbons (Fsp3) is 0.0769. The van der Waals surface area contributed by atoms with Crippen molar-refractivity contribution < 1.29 is 4.79 Å². The third kappa shape index (κ3) is 2.22. The molecule has 0 spiro atoms. The number of halogens is 1. The first-order chi connectivity index (χ1) is 9.15. The van der Waals surface area contributed by atoms with E-state index >= 15 is 0 Å². The number of aromatic nitrogens is 2. The van der Waals surface area contributed by atoms with Crippen molar-refractivity contribution in [2.24, 2.45) is 7.05 Å². The third-order valence-corrected chi connectivity index (χ3v) is 3.94. The Bertz CT molecular complexity index is 745. The van der Waals surface area contributed by atoms with E-state index in [1.54, 1.807) is 23.5 Å². The molecule has 0 aromatic carbocycles. The molecule has 1 N–H and O–H groups in total. The van der Waals surface area contributed by atoms with Gasteiger partial charge in [-0.05, 0) is 29.6 Å². The van der Waals surface area contributed by atoms with Gasteiger partial charge in [-0.25, -0.2) is 4.98 Å². The van der Waals surface area contributed by atoms with E-state index in [0.717, 1.165) is 10.2 Å². The van der Waals surface area contributed by atoms with Gasteiger partial charge in [0.2, 0.25) is 0 Å². The lowest BCUT2D eigenvalue weighted by Crippen LogP contribution is -2.16. The second kappa shape index (κ2) is 4.68. The molecule has 3 rings (SSSR count). The van der Waals surface area contributed by atoms with Crippen LogP contribution in [0.2, 0.25) is 5.02 Å². The first-order valence-electron chi connectivity index (χ1n) is 5.61. The van der Waals surface area contributed by atoms with E-state index in [9.17, 15) is 4.79 Å². The van der Waals surface area contributed by atoms with Gasteiger partial charge >= 0.3 is 0 Å². The average Bonchev–Trinajstić information content (AvgIpc) is 2.96. The second-order valence-corrected chi connectivity index (χ2v) is 5.46. The predicted octanol–water partition coefficient (Wildman–Crippen LogP) is 3.54. The standard InChI is InChI=1S/C13H10ClN3OS/c1-17-9-4-5-19-11(9)6-10(17)13(18)16-12-3-2-8(14)7-15-12/h2-7H,1H3,(H,15,16,18). The topological polar surface area (TPSA) is 46.9 Å². The molecule has 3 aromatic heterocycles. The zero-order chi connectivity index (χ0) is 13.4. The number of pyridine rings is 1. The number of carbonyl (C=O) groups is 1. The molecule has 0 aliphatic rings. The Morgan fingerprint density at radius 3 is 2.95 bits per heavy atom. The molecular weight excluding hydrogens is 282 g/mol. The van der Waals surface area contributed by atoms with Crippen molar-refractivity contribution in [3.05, 3.63) is 46.6 Å². The summed E-state index contributed by atoms with van der Waals surface area (Å²) < 4.78 is 2.97. The summed E-state index contributed by atoms with van der Waals surface area (Å²) in [7, 11) is 1.87. The SMILES string of the molecule is Cn1c(C(=O)Nc2ccc(Cl)cn2)cc2sccc21. The van der Waals surface area contributed by atoms with Gasteiger partial charge in [0.1, 0.15) is 11.5 Å². The van der Waals surface area contributed by atoms with Crippen LogP contribution in [0.25, 0.3) is 10.2 Å². The number of carbonyl (C=O) groups excluding carboxylic acids is 1. The first kappa shape index (κ1) is 12.2. The number of nitrogens with zero attached hydrogens (tertiary/aromatic N) is 2. The molecule has 6 heteroatoms. The number of hydrogen-bond donors (Lipinski definition) is 1. The van der Waals surface area contributed by atoms with Gasteiger partial charge in [0.25, 0.3) is 5.91 Å². The molecule has 96 valence electrons. The highest BCUT2D eigenvalue weighted by molar-refractivity contribution is 7.17. The van der Waals surface area contributed by atoms with Gasteiger partial charge in [0.05, 0.1) is 15.2 Å². The molecule has 3 heterocycles. The lowest BCUT2D eigenvalue weighted by Gasteiger charge is -2.05. The molecule has 4 nitrogen and oxygen atoms in total. The minimum absolute atomic E-state index is 0.180. The van der Waals surface area contributed by atoms with E-state index in [-0.39, 0.29) is 5.91 Å². The van der Waals surface area contributed by atoms with Gasteiger partial charge in [-0.15, -0.1) is 11.3 Å².